The first-order valence-corrected chi connectivity index (χ1v) is 11.5. The van der Waals surface area contributed by atoms with E-state index in [9.17, 15) is 5.11 Å². The predicted molar refractivity (Wildman–Crippen MR) is 71.7 cm³/mol. The van der Waals surface area contributed by atoms with E-state index in [1.807, 2.05) is 0 Å². The van der Waals surface area contributed by atoms with Crippen LogP contribution < -0.4 is 0 Å². The van der Waals surface area contributed by atoms with Gasteiger partial charge in [-0.25, -0.2) is 0 Å². The van der Waals surface area contributed by atoms with Crippen LogP contribution in [-0.4, -0.2) is 24.6 Å². The van der Waals surface area contributed by atoms with Crippen molar-refractivity contribution in [2.45, 2.75) is 56.3 Å². The zero-order chi connectivity index (χ0) is 12.5. The summed E-state index contributed by atoms with van der Waals surface area (Å²) < 4.78 is 6.47. The predicted octanol–water partition coefficient (Wildman–Crippen LogP) is 2.70. The van der Waals surface area contributed by atoms with Gasteiger partial charge in [-0.2, -0.15) is 0 Å². The van der Waals surface area contributed by atoms with Crippen LogP contribution in [0, 0.1) is 35.5 Å². The van der Waals surface area contributed by atoms with E-state index < -0.39 is 13.9 Å². The number of rotatable bonds is 2. The molecule has 5 aliphatic rings. The zero-order valence-electron chi connectivity index (χ0n) is 11.6. The highest BCUT2D eigenvalue weighted by Crippen LogP contribution is 2.81. The summed E-state index contributed by atoms with van der Waals surface area (Å²) in [4.78, 5) is 0. The molecule has 0 amide bonds. The van der Waals surface area contributed by atoms with Crippen molar-refractivity contribution in [3.05, 3.63) is 0 Å². The molecular weight excluding hydrogens is 240 g/mol. The molecule has 0 aromatic heterocycles. The summed E-state index contributed by atoms with van der Waals surface area (Å²) >= 11 is 0. The number of fused-ring (bicyclic) bond motifs is 1. The summed E-state index contributed by atoms with van der Waals surface area (Å²) in [7, 11) is -1.14. The molecule has 1 saturated heterocycles. The van der Waals surface area contributed by atoms with Gasteiger partial charge in [-0.3, -0.25) is 0 Å². The van der Waals surface area contributed by atoms with Crippen molar-refractivity contribution in [1.82, 2.24) is 0 Å². The first-order chi connectivity index (χ1) is 8.33. The standard InChI is InChI=1S/C15H24O2Si/c1-18(2,3)7-14-5-10-8-4-9-11(10)6-15(16,17-14)13(9)12(8)14/h8-13,16H,4-7H2,1-3H3. The molecule has 1 N–H and O–H groups in total. The first kappa shape index (κ1) is 10.9. The number of ether oxygens (including phenoxy) is 1. The topological polar surface area (TPSA) is 29.5 Å². The minimum Gasteiger partial charge on any atom is -0.365 e. The van der Waals surface area contributed by atoms with E-state index >= 15 is 0 Å². The minimum atomic E-state index is -1.14. The molecule has 3 heteroatoms. The van der Waals surface area contributed by atoms with E-state index in [1.54, 1.807) is 0 Å². The molecule has 2 bridgehead atoms. The fraction of sp³-hybridized carbons (Fsp3) is 1.00. The molecule has 2 nitrogen and oxygen atoms in total. The summed E-state index contributed by atoms with van der Waals surface area (Å²) in [5, 5.41) is 11.0. The molecule has 0 spiro atoms. The maximum atomic E-state index is 11.0. The van der Waals surface area contributed by atoms with E-state index in [0.717, 1.165) is 36.0 Å². The summed E-state index contributed by atoms with van der Waals surface area (Å²) in [5.41, 5.74) is 0.0965. The second-order valence-electron chi connectivity index (χ2n) is 9.10. The van der Waals surface area contributed by atoms with E-state index in [4.69, 9.17) is 4.74 Å². The highest BCUT2D eigenvalue weighted by Gasteiger charge is 2.82. The second-order valence-corrected chi connectivity index (χ2v) is 14.6. The number of aliphatic hydroxyl groups is 1. The zero-order valence-corrected chi connectivity index (χ0v) is 12.6. The monoisotopic (exact) mass is 264 g/mol. The Morgan fingerprint density at radius 1 is 1.06 bits per heavy atom. The van der Waals surface area contributed by atoms with Gasteiger partial charge in [0.2, 0.25) is 0 Å². The smallest absolute Gasteiger partial charge is 0.169 e. The van der Waals surface area contributed by atoms with Crippen LogP contribution in [0.15, 0.2) is 0 Å². The molecule has 4 saturated carbocycles. The normalized spacial score (nSPS) is 66.7. The highest BCUT2D eigenvalue weighted by atomic mass is 28.3. The average molecular weight is 264 g/mol. The highest BCUT2D eigenvalue weighted by molar-refractivity contribution is 6.76. The molecule has 0 aromatic rings. The third-order valence-electron chi connectivity index (χ3n) is 6.95. The molecule has 100 valence electrons. The van der Waals surface area contributed by atoms with Crippen LogP contribution in [0.5, 0.6) is 0 Å². The van der Waals surface area contributed by atoms with Crippen molar-refractivity contribution in [1.29, 1.82) is 0 Å². The molecule has 8 atom stereocenters. The molecule has 5 fully saturated rings. The van der Waals surface area contributed by atoms with E-state index in [1.165, 1.54) is 18.9 Å². The van der Waals surface area contributed by atoms with Crippen LogP contribution in [0.4, 0.5) is 0 Å². The quantitative estimate of drug-likeness (QED) is 0.777. The SMILES string of the molecule is C[Si](C)(C)CC12CC3C4CC(O)(O1)C1C4CC3C12. The molecule has 0 aromatic carbocycles. The van der Waals surface area contributed by atoms with Crippen molar-refractivity contribution < 1.29 is 9.84 Å². The third-order valence-corrected chi connectivity index (χ3v) is 8.61. The van der Waals surface area contributed by atoms with Crippen LogP contribution in [0.1, 0.15) is 19.3 Å². The Balaban J connectivity index is 1.65. The van der Waals surface area contributed by atoms with Gasteiger partial charge < -0.3 is 9.84 Å². The molecular formula is C15H24O2Si. The van der Waals surface area contributed by atoms with Crippen LogP contribution in [0.3, 0.4) is 0 Å². The molecule has 1 aliphatic heterocycles. The van der Waals surface area contributed by atoms with Crippen LogP contribution >= 0.6 is 0 Å². The average Bonchev–Trinajstić information content (AvgIpc) is 2.81. The summed E-state index contributed by atoms with van der Waals surface area (Å²) in [6.45, 7) is 7.37. The van der Waals surface area contributed by atoms with E-state index in [0.29, 0.717) is 5.92 Å². The van der Waals surface area contributed by atoms with Gasteiger partial charge in [0.05, 0.1) is 5.60 Å². The summed E-state index contributed by atoms with van der Waals surface area (Å²) in [5.74, 6) is 3.99. The van der Waals surface area contributed by atoms with Crippen molar-refractivity contribution in [2.75, 3.05) is 0 Å². The Morgan fingerprint density at radius 3 is 2.44 bits per heavy atom. The lowest BCUT2D eigenvalue weighted by atomic mass is 9.78. The number of hydrogen-bond acceptors (Lipinski definition) is 2. The largest absolute Gasteiger partial charge is 0.365 e. The van der Waals surface area contributed by atoms with Crippen molar-refractivity contribution in [3.63, 3.8) is 0 Å². The third kappa shape index (κ3) is 0.958. The van der Waals surface area contributed by atoms with Crippen LogP contribution in [-0.2, 0) is 4.74 Å². The summed E-state index contributed by atoms with van der Waals surface area (Å²) in [6.07, 6.45) is 3.67. The first-order valence-electron chi connectivity index (χ1n) is 7.76. The van der Waals surface area contributed by atoms with E-state index in [-0.39, 0.29) is 5.60 Å². The van der Waals surface area contributed by atoms with Gasteiger partial charge in [0.25, 0.3) is 0 Å². The van der Waals surface area contributed by atoms with Crippen molar-refractivity contribution in [3.8, 4) is 0 Å². The Hall–Kier alpha value is 0.137. The molecule has 1 heterocycles. The van der Waals surface area contributed by atoms with Gasteiger partial charge >= 0.3 is 0 Å². The maximum absolute atomic E-state index is 11.0. The van der Waals surface area contributed by atoms with Crippen molar-refractivity contribution in [2.24, 2.45) is 35.5 Å². The molecule has 18 heavy (non-hydrogen) atoms. The van der Waals surface area contributed by atoms with Gasteiger partial charge in [0.15, 0.2) is 5.79 Å². The minimum absolute atomic E-state index is 0.0965. The van der Waals surface area contributed by atoms with Gasteiger partial charge in [-0.05, 0) is 48.5 Å². The molecule has 4 aliphatic carbocycles. The van der Waals surface area contributed by atoms with Gasteiger partial charge in [0.1, 0.15) is 0 Å². The van der Waals surface area contributed by atoms with Gasteiger partial charge in [-0.15, -0.1) is 0 Å². The lowest BCUT2D eigenvalue weighted by molar-refractivity contribution is -0.225. The fourth-order valence-corrected chi connectivity index (χ4v) is 9.55. The second kappa shape index (κ2) is 2.64. The van der Waals surface area contributed by atoms with Gasteiger partial charge in [0, 0.05) is 20.4 Å². The molecule has 8 unspecified atom stereocenters. The fourth-order valence-electron chi connectivity index (χ4n) is 7.30. The van der Waals surface area contributed by atoms with Crippen LogP contribution in [0.2, 0.25) is 25.7 Å². The van der Waals surface area contributed by atoms with Gasteiger partial charge in [-0.1, -0.05) is 19.6 Å². The molecule has 0 radical (unpaired) electrons. The number of hydrogen-bond donors (Lipinski definition) is 1. The Morgan fingerprint density at radius 2 is 1.72 bits per heavy atom. The van der Waals surface area contributed by atoms with E-state index in [2.05, 4.69) is 19.6 Å². The Kier molecular flexibility index (Phi) is 1.59. The Bertz CT molecular complexity index is 444. The van der Waals surface area contributed by atoms with Crippen LogP contribution in [0.25, 0.3) is 0 Å². The lowest BCUT2D eigenvalue weighted by Gasteiger charge is -2.35. The van der Waals surface area contributed by atoms with Crippen molar-refractivity contribution >= 4 is 8.07 Å². The lowest BCUT2D eigenvalue weighted by Crippen LogP contribution is -2.42. The summed E-state index contributed by atoms with van der Waals surface area (Å²) in [6, 6.07) is 1.27. The molecule has 5 rings (SSSR count). The Labute approximate surface area is 110 Å². The maximum Gasteiger partial charge on any atom is 0.169 e.